The van der Waals surface area contributed by atoms with E-state index in [1.165, 1.54) is 16.3 Å². The number of aryl methyl sites for hydroxylation is 1. The van der Waals surface area contributed by atoms with Gasteiger partial charge < -0.3 is 5.32 Å². The highest BCUT2D eigenvalue weighted by molar-refractivity contribution is 6.33. The number of hydrogen-bond donors (Lipinski definition) is 1. The van der Waals surface area contributed by atoms with E-state index in [0.717, 1.165) is 25.1 Å². The second-order valence-corrected chi connectivity index (χ2v) is 5.57. The number of benzene rings is 2. The fourth-order valence-electron chi connectivity index (χ4n) is 2.50. The van der Waals surface area contributed by atoms with Gasteiger partial charge in [-0.15, -0.1) is 0 Å². The number of nitrogens with one attached hydrogen (secondary N) is 1. The fourth-order valence-corrected chi connectivity index (χ4v) is 2.79. The third-order valence-corrected chi connectivity index (χ3v) is 4.11. The van der Waals surface area contributed by atoms with Gasteiger partial charge in [0, 0.05) is 6.54 Å². The molecule has 0 aliphatic heterocycles. The maximum Gasteiger partial charge on any atom is 0.148 e. The molecule has 0 bridgehead atoms. The predicted molar refractivity (Wildman–Crippen MR) is 92.6 cm³/mol. The summed E-state index contributed by atoms with van der Waals surface area (Å²) in [5, 5.41) is 6.47. The number of anilines is 1. The number of aromatic nitrogens is 2. The van der Waals surface area contributed by atoms with E-state index < -0.39 is 0 Å². The molecule has 1 aromatic heterocycles. The molecule has 0 aliphatic carbocycles. The summed E-state index contributed by atoms with van der Waals surface area (Å²) in [6, 6.07) is 15.0. The zero-order chi connectivity index (χ0) is 15.4. The van der Waals surface area contributed by atoms with Crippen LogP contribution in [0.5, 0.6) is 0 Å². The second kappa shape index (κ2) is 6.75. The zero-order valence-corrected chi connectivity index (χ0v) is 13.3. The zero-order valence-electron chi connectivity index (χ0n) is 12.5. The van der Waals surface area contributed by atoms with Gasteiger partial charge in [0.25, 0.3) is 0 Å². The Bertz CT molecular complexity index is 786. The van der Waals surface area contributed by atoms with Crippen LogP contribution in [-0.2, 0) is 12.8 Å². The lowest BCUT2D eigenvalue weighted by molar-refractivity contribution is 0.969. The normalized spacial score (nSPS) is 10.8. The first kappa shape index (κ1) is 14.8. The van der Waals surface area contributed by atoms with Crippen molar-refractivity contribution in [3.63, 3.8) is 0 Å². The van der Waals surface area contributed by atoms with Crippen LogP contribution in [-0.4, -0.2) is 16.5 Å². The van der Waals surface area contributed by atoms with Crippen molar-refractivity contribution in [3.8, 4) is 0 Å². The maximum atomic E-state index is 6.28. The standard InChI is InChI=1S/C18H18ClN3/c1-2-16-17(19)18(22-12-21-16)20-10-9-13-7-8-14-5-3-4-6-15(14)11-13/h3-8,11-12H,2,9-10H2,1H3,(H,20,21,22). The first-order valence-electron chi connectivity index (χ1n) is 7.49. The van der Waals surface area contributed by atoms with E-state index in [1.54, 1.807) is 6.33 Å². The van der Waals surface area contributed by atoms with Crippen molar-refractivity contribution in [1.82, 2.24) is 9.97 Å². The fraction of sp³-hybridized carbons (Fsp3) is 0.222. The minimum Gasteiger partial charge on any atom is -0.368 e. The van der Waals surface area contributed by atoms with Gasteiger partial charge in [0.1, 0.15) is 17.2 Å². The number of rotatable bonds is 5. The Morgan fingerprint density at radius 3 is 2.68 bits per heavy atom. The van der Waals surface area contributed by atoms with Crippen molar-refractivity contribution in [2.45, 2.75) is 19.8 Å². The van der Waals surface area contributed by atoms with Crippen molar-refractivity contribution in [2.24, 2.45) is 0 Å². The van der Waals surface area contributed by atoms with Gasteiger partial charge in [0.15, 0.2) is 0 Å². The highest BCUT2D eigenvalue weighted by atomic mass is 35.5. The van der Waals surface area contributed by atoms with Gasteiger partial charge in [-0.2, -0.15) is 0 Å². The molecule has 112 valence electrons. The van der Waals surface area contributed by atoms with E-state index in [9.17, 15) is 0 Å². The summed E-state index contributed by atoms with van der Waals surface area (Å²) in [5.41, 5.74) is 2.18. The molecular formula is C18H18ClN3. The molecule has 0 aliphatic rings. The lowest BCUT2D eigenvalue weighted by Gasteiger charge is -2.09. The monoisotopic (exact) mass is 311 g/mol. The van der Waals surface area contributed by atoms with Gasteiger partial charge in [-0.3, -0.25) is 0 Å². The Hall–Kier alpha value is -2.13. The average molecular weight is 312 g/mol. The summed E-state index contributed by atoms with van der Waals surface area (Å²) in [7, 11) is 0. The molecule has 0 amide bonds. The van der Waals surface area contributed by atoms with Crippen molar-refractivity contribution in [3.05, 3.63) is 65.1 Å². The molecule has 4 heteroatoms. The molecule has 0 saturated heterocycles. The van der Waals surface area contributed by atoms with Gasteiger partial charge in [-0.1, -0.05) is 61.0 Å². The molecule has 3 rings (SSSR count). The first-order chi connectivity index (χ1) is 10.8. The van der Waals surface area contributed by atoms with Gasteiger partial charge >= 0.3 is 0 Å². The molecule has 22 heavy (non-hydrogen) atoms. The van der Waals surface area contributed by atoms with E-state index >= 15 is 0 Å². The van der Waals surface area contributed by atoms with Crippen LogP contribution in [0.25, 0.3) is 10.8 Å². The van der Waals surface area contributed by atoms with Crippen molar-refractivity contribution >= 4 is 28.2 Å². The Morgan fingerprint density at radius 2 is 1.86 bits per heavy atom. The SMILES string of the molecule is CCc1ncnc(NCCc2ccc3ccccc3c2)c1Cl. The Balaban J connectivity index is 1.67. The van der Waals surface area contributed by atoms with Crippen molar-refractivity contribution in [1.29, 1.82) is 0 Å². The Morgan fingerprint density at radius 1 is 1.05 bits per heavy atom. The third-order valence-electron chi connectivity index (χ3n) is 3.72. The number of hydrogen-bond acceptors (Lipinski definition) is 3. The van der Waals surface area contributed by atoms with Crippen LogP contribution in [0.2, 0.25) is 5.02 Å². The summed E-state index contributed by atoms with van der Waals surface area (Å²) in [6.45, 7) is 2.82. The lowest BCUT2D eigenvalue weighted by Crippen LogP contribution is -2.08. The summed E-state index contributed by atoms with van der Waals surface area (Å²) in [6.07, 6.45) is 3.29. The molecular weight excluding hydrogens is 294 g/mol. The minimum atomic E-state index is 0.628. The van der Waals surface area contributed by atoms with Crippen LogP contribution in [0, 0.1) is 0 Å². The topological polar surface area (TPSA) is 37.8 Å². The number of fused-ring (bicyclic) bond motifs is 1. The Labute approximate surface area is 135 Å². The summed E-state index contributed by atoms with van der Waals surface area (Å²) in [4.78, 5) is 8.39. The second-order valence-electron chi connectivity index (χ2n) is 5.19. The van der Waals surface area contributed by atoms with E-state index in [1.807, 2.05) is 6.92 Å². The van der Waals surface area contributed by atoms with Crippen molar-refractivity contribution in [2.75, 3.05) is 11.9 Å². The van der Waals surface area contributed by atoms with Gasteiger partial charge in [-0.25, -0.2) is 9.97 Å². The van der Waals surface area contributed by atoms with Crippen LogP contribution in [0.1, 0.15) is 18.2 Å². The molecule has 1 N–H and O–H groups in total. The summed E-state index contributed by atoms with van der Waals surface area (Å²) >= 11 is 6.28. The van der Waals surface area contributed by atoms with Gasteiger partial charge in [-0.05, 0) is 29.2 Å². The van der Waals surface area contributed by atoms with Gasteiger partial charge in [0.2, 0.25) is 0 Å². The molecule has 0 spiro atoms. The number of nitrogens with zero attached hydrogens (tertiary/aromatic N) is 2. The Kier molecular flexibility index (Phi) is 4.54. The molecule has 0 atom stereocenters. The van der Waals surface area contributed by atoms with Crippen LogP contribution < -0.4 is 5.32 Å². The molecule has 2 aromatic carbocycles. The molecule has 3 nitrogen and oxygen atoms in total. The third kappa shape index (κ3) is 3.20. The van der Waals surface area contributed by atoms with E-state index in [-0.39, 0.29) is 0 Å². The van der Waals surface area contributed by atoms with Crippen LogP contribution in [0.3, 0.4) is 0 Å². The van der Waals surface area contributed by atoms with E-state index in [2.05, 4.69) is 57.7 Å². The first-order valence-corrected chi connectivity index (χ1v) is 7.86. The van der Waals surface area contributed by atoms with Crippen LogP contribution >= 0.6 is 11.6 Å². The smallest absolute Gasteiger partial charge is 0.148 e. The van der Waals surface area contributed by atoms with Crippen LogP contribution in [0.4, 0.5) is 5.82 Å². The summed E-state index contributed by atoms with van der Waals surface area (Å²) in [5.74, 6) is 0.717. The van der Waals surface area contributed by atoms with Crippen molar-refractivity contribution < 1.29 is 0 Å². The summed E-state index contributed by atoms with van der Waals surface area (Å²) < 4.78 is 0. The van der Waals surface area contributed by atoms with Crippen LogP contribution in [0.15, 0.2) is 48.8 Å². The van der Waals surface area contributed by atoms with E-state index in [0.29, 0.717) is 10.8 Å². The van der Waals surface area contributed by atoms with E-state index in [4.69, 9.17) is 11.6 Å². The maximum absolute atomic E-state index is 6.28. The molecule has 1 heterocycles. The molecule has 3 aromatic rings. The average Bonchev–Trinajstić information content (AvgIpc) is 2.56. The quantitative estimate of drug-likeness (QED) is 0.754. The number of halogens is 1. The molecule has 0 radical (unpaired) electrons. The van der Waals surface area contributed by atoms with Gasteiger partial charge in [0.05, 0.1) is 5.69 Å². The lowest BCUT2D eigenvalue weighted by atomic mass is 10.1. The molecule has 0 saturated carbocycles. The predicted octanol–water partition coefficient (Wildman–Crippen LogP) is 4.50. The largest absolute Gasteiger partial charge is 0.368 e. The highest BCUT2D eigenvalue weighted by Gasteiger charge is 2.07. The highest BCUT2D eigenvalue weighted by Crippen LogP contribution is 2.22. The molecule has 0 unspecified atom stereocenters. The molecule has 0 fully saturated rings. The minimum absolute atomic E-state index is 0.628.